The van der Waals surface area contributed by atoms with Crippen LogP contribution in [-0.4, -0.2) is 37.2 Å². The van der Waals surface area contributed by atoms with Gasteiger partial charge in [-0.05, 0) is 50.8 Å². The number of thiazole rings is 1. The number of pyridine rings is 1. The van der Waals surface area contributed by atoms with Crippen LogP contribution < -0.4 is 10.6 Å². The molecule has 3 heterocycles. The zero-order valence-electron chi connectivity index (χ0n) is 15.1. The van der Waals surface area contributed by atoms with Gasteiger partial charge in [0.15, 0.2) is 5.13 Å². The van der Waals surface area contributed by atoms with Crippen molar-refractivity contribution in [1.82, 2.24) is 19.9 Å². The molecule has 1 aliphatic carbocycles. The summed E-state index contributed by atoms with van der Waals surface area (Å²) in [7, 11) is 0. The van der Waals surface area contributed by atoms with Gasteiger partial charge in [-0.15, -0.1) is 0 Å². The van der Waals surface area contributed by atoms with Crippen LogP contribution in [0.15, 0.2) is 36.7 Å². The summed E-state index contributed by atoms with van der Waals surface area (Å²) < 4.78 is 0. The molecule has 140 valence electrons. The molecule has 0 bridgehead atoms. The van der Waals surface area contributed by atoms with Crippen LogP contribution in [0.1, 0.15) is 31.4 Å². The Balaban J connectivity index is 1.49. The minimum absolute atomic E-state index is 0.167. The fourth-order valence-electron chi connectivity index (χ4n) is 3.16. The van der Waals surface area contributed by atoms with Gasteiger partial charge in [-0.2, -0.15) is 0 Å². The van der Waals surface area contributed by atoms with Crippen LogP contribution in [0.4, 0.5) is 16.9 Å². The Bertz CT molecular complexity index is 892. The highest BCUT2D eigenvalue weighted by molar-refractivity contribution is 7.18. The summed E-state index contributed by atoms with van der Waals surface area (Å²) in [5.74, 6) is 1.40. The average molecular weight is 382 g/mol. The van der Waals surface area contributed by atoms with E-state index in [9.17, 15) is 5.11 Å². The molecule has 0 aliphatic heterocycles. The number of rotatable bonds is 5. The number of nitrogens with zero attached hydrogens (tertiary/aromatic N) is 4. The Morgan fingerprint density at radius 1 is 1.11 bits per heavy atom. The van der Waals surface area contributed by atoms with Gasteiger partial charge in [0.05, 0.1) is 16.7 Å². The minimum Gasteiger partial charge on any atom is -0.393 e. The highest BCUT2D eigenvalue weighted by atomic mass is 32.1. The Morgan fingerprint density at radius 3 is 2.74 bits per heavy atom. The van der Waals surface area contributed by atoms with Crippen molar-refractivity contribution >= 4 is 28.2 Å². The number of hydrogen-bond acceptors (Lipinski definition) is 8. The lowest BCUT2D eigenvalue weighted by Crippen LogP contribution is -2.29. The van der Waals surface area contributed by atoms with Crippen LogP contribution in [0.2, 0.25) is 0 Å². The van der Waals surface area contributed by atoms with E-state index in [-0.39, 0.29) is 6.10 Å². The molecular weight excluding hydrogens is 360 g/mol. The zero-order chi connectivity index (χ0) is 18.6. The SMILES string of the molecule is Cc1cc(-c2cnc(Nc3ccccn3)s2)nc(N[C@H]2CC[C@H](O)CC2)n1. The molecule has 0 unspecified atom stereocenters. The molecule has 0 radical (unpaired) electrons. The summed E-state index contributed by atoms with van der Waals surface area (Å²) in [6.07, 6.45) is 6.92. The number of nitrogens with one attached hydrogen (secondary N) is 2. The largest absolute Gasteiger partial charge is 0.393 e. The maximum atomic E-state index is 9.66. The molecule has 1 aliphatic rings. The van der Waals surface area contributed by atoms with E-state index in [0.29, 0.717) is 12.0 Å². The summed E-state index contributed by atoms with van der Waals surface area (Å²) in [4.78, 5) is 18.9. The van der Waals surface area contributed by atoms with Gasteiger partial charge < -0.3 is 15.7 Å². The van der Waals surface area contributed by atoms with Crippen molar-refractivity contribution in [1.29, 1.82) is 0 Å². The third-order valence-corrected chi connectivity index (χ3v) is 5.48. The average Bonchev–Trinajstić information content (AvgIpc) is 3.13. The third-order valence-electron chi connectivity index (χ3n) is 4.54. The van der Waals surface area contributed by atoms with Gasteiger partial charge in [0.2, 0.25) is 5.95 Å². The molecule has 7 nitrogen and oxygen atoms in total. The first-order chi connectivity index (χ1) is 13.2. The number of hydrogen-bond donors (Lipinski definition) is 3. The lowest BCUT2D eigenvalue weighted by Gasteiger charge is -2.26. The van der Waals surface area contributed by atoms with Crippen molar-refractivity contribution in [2.45, 2.75) is 44.8 Å². The molecule has 0 spiro atoms. The lowest BCUT2D eigenvalue weighted by molar-refractivity contribution is 0.126. The number of aliphatic hydroxyl groups is 1. The lowest BCUT2D eigenvalue weighted by atomic mass is 9.93. The summed E-state index contributed by atoms with van der Waals surface area (Å²) in [6.45, 7) is 1.97. The van der Waals surface area contributed by atoms with Gasteiger partial charge in [0.1, 0.15) is 5.82 Å². The highest BCUT2D eigenvalue weighted by Gasteiger charge is 2.20. The molecule has 0 amide bonds. The topological polar surface area (TPSA) is 95.9 Å². The molecule has 4 rings (SSSR count). The predicted molar refractivity (Wildman–Crippen MR) is 107 cm³/mol. The highest BCUT2D eigenvalue weighted by Crippen LogP contribution is 2.30. The number of anilines is 3. The Hall–Kier alpha value is -2.58. The molecule has 3 aromatic heterocycles. The number of aromatic nitrogens is 4. The molecule has 8 heteroatoms. The first-order valence-corrected chi connectivity index (χ1v) is 9.92. The fraction of sp³-hybridized carbons (Fsp3) is 0.368. The van der Waals surface area contributed by atoms with Gasteiger partial charge in [-0.25, -0.2) is 19.9 Å². The van der Waals surface area contributed by atoms with Gasteiger partial charge in [0.25, 0.3) is 0 Å². The van der Waals surface area contributed by atoms with E-state index >= 15 is 0 Å². The normalized spacial score (nSPS) is 19.6. The summed E-state index contributed by atoms with van der Waals surface area (Å²) in [6, 6.07) is 7.99. The maximum absolute atomic E-state index is 9.66. The Morgan fingerprint density at radius 2 is 1.96 bits per heavy atom. The third kappa shape index (κ3) is 4.58. The van der Waals surface area contributed by atoms with E-state index in [1.54, 1.807) is 6.20 Å². The Kier molecular flexibility index (Phi) is 5.26. The van der Waals surface area contributed by atoms with E-state index in [4.69, 9.17) is 0 Å². The molecule has 1 saturated carbocycles. The monoisotopic (exact) mass is 382 g/mol. The van der Waals surface area contributed by atoms with Crippen molar-refractivity contribution in [2.75, 3.05) is 10.6 Å². The van der Waals surface area contributed by atoms with Crippen molar-refractivity contribution in [2.24, 2.45) is 0 Å². The van der Waals surface area contributed by atoms with Gasteiger partial charge in [-0.3, -0.25) is 0 Å². The van der Waals surface area contributed by atoms with Crippen LogP contribution in [0, 0.1) is 6.92 Å². The summed E-state index contributed by atoms with van der Waals surface area (Å²) >= 11 is 1.53. The van der Waals surface area contributed by atoms with Gasteiger partial charge in [-0.1, -0.05) is 17.4 Å². The van der Waals surface area contributed by atoms with E-state index in [1.807, 2.05) is 37.4 Å². The van der Waals surface area contributed by atoms with Crippen LogP contribution in [-0.2, 0) is 0 Å². The van der Waals surface area contributed by atoms with Gasteiger partial charge >= 0.3 is 0 Å². The standard InChI is InChI=1S/C19H22N6OS/c1-12-10-15(24-18(22-12)23-13-5-7-14(26)8-6-13)16-11-21-19(27-16)25-17-4-2-3-9-20-17/h2-4,9-11,13-14,26H,5-8H2,1H3,(H,20,21,25)(H,22,23,24)/t13-,14-. The van der Waals surface area contributed by atoms with E-state index in [2.05, 4.69) is 30.6 Å². The number of aryl methyl sites for hydroxylation is 1. The second-order valence-corrected chi connectivity index (χ2v) is 7.77. The molecule has 3 aromatic rings. The van der Waals surface area contributed by atoms with Crippen molar-refractivity contribution < 1.29 is 5.11 Å². The fourth-order valence-corrected chi connectivity index (χ4v) is 3.94. The second-order valence-electron chi connectivity index (χ2n) is 6.74. The predicted octanol–water partition coefficient (Wildman–Crippen LogP) is 3.76. The molecule has 1 fully saturated rings. The first kappa shape index (κ1) is 17.8. The molecule has 0 aromatic carbocycles. The quantitative estimate of drug-likeness (QED) is 0.618. The van der Waals surface area contributed by atoms with Crippen LogP contribution >= 0.6 is 11.3 Å². The summed E-state index contributed by atoms with van der Waals surface area (Å²) in [5, 5.41) is 17.1. The molecule has 0 saturated heterocycles. The van der Waals surface area contributed by atoms with Crippen LogP contribution in [0.25, 0.3) is 10.6 Å². The number of aliphatic hydroxyl groups excluding tert-OH is 1. The molecule has 0 atom stereocenters. The van der Waals surface area contributed by atoms with E-state index in [1.165, 1.54) is 11.3 Å². The van der Waals surface area contributed by atoms with Crippen molar-refractivity contribution in [3.05, 3.63) is 42.4 Å². The second kappa shape index (κ2) is 7.98. The van der Waals surface area contributed by atoms with Crippen molar-refractivity contribution in [3.63, 3.8) is 0 Å². The van der Waals surface area contributed by atoms with Crippen LogP contribution in [0.5, 0.6) is 0 Å². The smallest absolute Gasteiger partial charge is 0.223 e. The van der Waals surface area contributed by atoms with E-state index < -0.39 is 0 Å². The van der Waals surface area contributed by atoms with E-state index in [0.717, 1.165) is 52.9 Å². The zero-order valence-corrected chi connectivity index (χ0v) is 15.9. The minimum atomic E-state index is -0.167. The molecular formula is C19H22N6OS. The first-order valence-electron chi connectivity index (χ1n) is 9.10. The Labute approximate surface area is 162 Å². The summed E-state index contributed by atoms with van der Waals surface area (Å²) in [5.41, 5.74) is 1.76. The maximum Gasteiger partial charge on any atom is 0.223 e. The van der Waals surface area contributed by atoms with Crippen molar-refractivity contribution in [3.8, 4) is 10.6 Å². The molecule has 27 heavy (non-hydrogen) atoms. The van der Waals surface area contributed by atoms with Gasteiger partial charge in [0, 0.05) is 24.1 Å². The molecule has 3 N–H and O–H groups in total. The van der Waals surface area contributed by atoms with Crippen LogP contribution in [0.3, 0.4) is 0 Å².